The number of likely N-dealkylation sites (tertiary alicyclic amines) is 1. The van der Waals surface area contributed by atoms with Crippen LogP contribution in [0.5, 0.6) is 0 Å². The topological polar surface area (TPSA) is 49.5 Å². The van der Waals surface area contributed by atoms with Gasteiger partial charge in [-0.25, -0.2) is 0 Å². The summed E-state index contributed by atoms with van der Waals surface area (Å²) in [7, 11) is 0. The van der Waals surface area contributed by atoms with Crippen molar-refractivity contribution in [3.05, 3.63) is 35.9 Å². The molecule has 0 aromatic heterocycles. The maximum Gasteiger partial charge on any atom is 0.0585 e. The molecular formula is C13H20N2O. The van der Waals surface area contributed by atoms with E-state index in [9.17, 15) is 0 Å². The van der Waals surface area contributed by atoms with E-state index in [1.54, 1.807) is 0 Å². The van der Waals surface area contributed by atoms with Gasteiger partial charge in [-0.2, -0.15) is 0 Å². The molecule has 0 saturated carbocycles. The van der Waals surface area contributed by atoms with Gasteiger partial charge in [-0.15, -0.1) is 0 Å². The van der Waals surface area contributed by atoms with Crippen molar-refractivity contribution in [3.8, 4) is 0 Å². The van der Waals surface area contributed by atoms with Crippen LogP contribution in [-0.4, -0.2) is 35.7 Å². The van der Waals surface area contributed by atoms with Crippen LogP contribution in [0.1, 0.15) is 12.0 Å². The monoisotopic (exact) mass is 220 g/mol. The fraction of sp³-hybridized carbons (Fsp3) is 0.538. The van der Waals surface area contributed by atoms with E-state index < -0.39 is 0 Å². The summed E-state index contributed by atoms with van der Waals surface area (Å²) in [4.78, 5) is 2.41. The molecule has 2 unspecified atom stereocenters. The number of hydrogen-bond donors (Lipinski definition) is 2. The van der Waals surface area contributed by atoms with Crippen molar-refractivity contribution in [1.29, 1.82) is 0 Å². The highest BCUT2D eigenvalue weighted by molar-refractivity contribution is 5.14. The molecule has 1 saturated heterocycles. The molecular weight excluding hydrogens is 200 g/mol. The summed E-state index contributed by atoms with van der Waals surface area (Å²) < 4.78 is 0. The molecule has 1 aliphatic heterocycles. The number of hydrogen-bond acceptors (Lipinski definition) is 3. The van der Waals surface area contributed by atoms with Crippen molar-refractivity contribution in [1.82, 2.24) is 4.90 Å². The van der Waals surface area contributed by atoms with E-state index in [4.69, 9.17) is 10.8 Å². The van der Waals surface area contributed by atoms with Crippen molar-refractivity contribution in [2.75, 3.05) is 19.7 Å². The number of rotatable bonds is 4. The molecule has 1 aromatic rings. The van der Waals surface area contributed by atoms with Crippen LogP contribution >= 0.6 is 0 Å². The molecule has 2 rings (SSSR count). The Kier molecular flexibility index (Phi) is 3.93. The first-order valence-electron chi connectivity index (χ1n) is 5.92. The van der Waals surface area contributed by atoms with Crippen LogP contribution in [0.2, 0.25) is 0 Å². The number of nitrogens with zero attached hydrogens (tertiary/aromatic N) is 1. The van der Waals surface area contributed by atoms with Gasteiger partial charge in [0.15, 0.2) is 0 Å². The highest BCUT2D eigenvalue weighted by Crippen LogP contribution is 2.20. The maximum atomic E-state index is 9.03. The molecule has 3 N–H and O–H groups in total. The van der Waals surface area contributed by atoms with Gasteiger partial charge in [0.1, 0.15) is 0 Å². The van der Waals surface area contributed by atoms with Gasteiger partial charge in [0.05, 0.1) is 6.61 Å². The summed E-state index contributed by atoms with van der Waals surface area (Å²) in [6.45, 7) is 3.20. The minimum Gasteiger partial charge on any atom is -0.395 e. The lowest BCUT2D eigenvalue weighted by molar-refractivity contribution is 0.221. The van der Waals surface area contributed by atoms with E-state index in [0.29, 0.717) is 5.92 Å². The Labute approximate surface area is 96.9 Å². The first kappa shape index (κ1) is 11.6. The van der Waals surface area contributed by atoms with Gasteiger partial charge in [0.2, 0.25) is 0 Å². The van der Waals surface area contributed by atoms with E-state index in [1.165, 1.54) is 5.56 Å². The van der Waals surface area contributed by atoms with Crippen LogP contribution < -0.4 is 5.73 Å². The van der Waals surface area contributed by atoms with Gasteiger partial charge in [-0.3, -0.25) is 4.90 Å². The van der Waals surface area contributed by atoms with Gasteiger partial charge < -0.3 is 10.8 Å². The van der Waals surface area contributed by atoms with Crippen molar-refractivity contribution >= 4 is 0 Å². The summed E-state index contributed by atoms with van der Waals surface area (Å²) in [6, 6.07) is 10.4. The van der Waals surface area contributed by atoms with E-state index in [0.717, 1.165) is 26.1 Å². The summed E-state index contributed by atoms with van der Waals surface area (Å²) in [5.41, 5.74) is 7.21. The van der Waals surface area contributed by atoms with Crippen molar-refractivity contribution in [2.45, 2.75) is 19.0 Å². The fourth-order valence-electron chi connectivity index (χ4n) is 2.35. The van der Waals surface area contributed by atoms with Crippen LogP contribution in [0.3, 0.4) is 0 Å². The molecule has 2 atom stereocenters. The number of nitrogens with two attached hydrogens (primary N) is 1. The van der Waals surface area contributed by atoms with E-state index in [1.807, 2.05) is 6.07 Å². The molecule has 0 bridgehead atoms. The third-order valence-corrected chi connectivity index (χ3v) is 3.37. The normalized spacial score (nSPS) is 23.5. The number of aliphatic hydroxyl groups is 1. The van der Waals surface area contributed by atoms with Gasteiger partial charge >= 0.3 is 0 Å². The molecule has 1 aromatic carbocycles. The Morgan fingerprint density at radius 2 is 2.12 bits per heavy atom. The second-order valence-electron chi connectivity index (χ2n) is 4.62. The number of benzene rings is 1. The fourth-order valence-corrected chi connectivity index (χ4v) is 2.35. The summed E-state index contributed by atoms with van der Waals surface area (Å²) in [5, 5.41) is 9.03. The zero-order valence-electron chi connectivity index (χ0n) is 9.55. The maximum absolute atomic E-state index is 9.03. The molecule has 0 aliphatic carbocycles. The minimum atomic E-state index is -0.0548. The zero-order chi connectivity index (χ0) is 11.4. The lowest BCUT2D eigenvalue weighted by Gasteiger charge is -2.18. The number of aliphatic hydroxyl groups excluding tert-OH is 1. The molecule has 1 fully saturated rings. The largest absolute Gasteiger partial charge is 0.395 e. The Morgan fingerprint density at radius 3 is 2.81 bits per heavy atom. The zero-order valence-corrected chi connectivity index (χ0v) is 9.55. The quantitative estimate of drug-likeness (QED) is 0.790. The van der Waals surface area contributed by atoms with Crippen molar-refractivity contribution in [3.63, 3.8) is 0 Å². The predicted octanol–water partition coefficient (Wildman–Crippen LogP) is 0.828. The average Bonchev–Trinajstić information content (AvgIpc) is 2.78. The van der Waals surface area contributed by atoms with E-state index >= 15 is 0 Å². The summed E-state index contributed by atoms with van der Waals surface area (Å²) in [6.07, 6.45) is 1.11. The molecule has 3 nitrogen and oxygen atoms in total. The summed E-state index contributed by atoms with van der Waals surface area (Å²) in [5.74, 6) is 0.453. The predicted molar refractivity (Wildman–Crippen MR) is 64.9 cm³/mol. The lowest BCUT2D eigenvalue weighted by Crippen LogP contribution is -2.35. The molecule has 0 spiro atoms. The Bertz CT molecular complexity index is 315. The third kappa shape index (κ3) is 2.82. The van der Waals surface area contributed by atoms with Crippen LogP contribution in [0.25, 0.3) is 0 Å². The highest BCUT2D eigenvalue weighted by atomic mass is 16.3. The first-order chi connectivity index (χ1) is 7.79. The Balaban J connectivity index is 1.85. The van der Waals surface area contributed by atoms with Crippen molar-refractivity contribution in [2.24, 2.45) is 11.7 Å². The van der Waals surface area contributed by atoms with Gasteiger partial charge in [-0.1, -0.05) is 30.3 Å². The molecule has 1 aliphatic rings. The third-order valence-electron chi connectivity index (χ3n) is 3.37. The Hall–Kier alpha value is -0.900. The van der Waals surface area contributed by atoms with Gasteiger partial charge in [-0.05, 0) is 24.4 Å². The van der Waals surface area contributed by atoms with Gasteiger partial charge in [0.25, 0.3) is 0 Å². The smallest absolute Gasteiger partial charge is 0.0585 e. The highest BCUT2D eigenvalue weighted by Gasteiger charge is 2.26. The molecule has 16 heavy (non-hydrogen) atoms. The average molecular weight is 220 g/mol. The molecule has 1 heterocycles. The molecule has 0 radical (unpaired) electrons. The van der Waals surface area contributed by atoms with Gasteiger partial charge in [0, 0.05) is 19.1 Å². The van der Waals surface area contributed by atoms with Crippen molar-refractivity contribution < 1.29 is 5.11 Å². The van der Waals surface area contributed by atoms with Crippen LogP contribution in [0, 0.1) is 5.92 Å². The van der Waals surface area contributed by atoms with E-state index in [-0.39, 0.29) is 12.6 Å². The SMILES string of the molecule is NC(CO)C1CCN(Cc2ccccc2)C1. The second-order valence-corrected chi connectivity index (χ2v) is 4.62. The minimum absolute atomic E-state index is 0.0548. The first-order valence-corrected chi connectivity index (χ1v) is 5.92. The van der Waals surface area contributed by atoms with E-state index in [2.05, 4.69) is 29.2 Å². The Morgan fingerprint density at radius 1 is 1.38 bits per heavy atom. The standard InChI is InChI=1S/C13H20N2O/c14-13(10-16)12-6-7-15(9-12)8-11-4-2-1-3-5-11/h1-5,12-13,16H,6-10,14H2. The summed E-state index contributed by atoms with van der Waals surface area (Å²) >= 11 is 0. The van der Waals surface area contributed by atoms with Crippen LogP contribution in [-0.2, 0) is 6.54 Å². The second kappa shape index (κ2) is 5.43. The lowest BCUT2D eigenvalue weighted by atomic mass is 10.0. The van der Waals surface area contributed by atoms with Crippen LogP contribution in [0.15, 0.2) is 30.3 Å². The molecule has 88 valence electrons. The molecule has 0 amide bonds. The van der Waals surface area contributed by atoms with Crippen LogP contribution in [0.4, 0.5) is 0 Å². The molecule has 3 heteroatoms.